The smallest absolute Gasteiger partial charge is 0.166 e. The molecule has 174 valence electrons. The van der Waals surface area contributed by atoms with E-state index in [1.54, 1.807) is 13.1 Å². The van der Waals surface area contributed by atoms with E-state index >= 15 is 0 Å². The summed E-state index contributed by atoms with van der Waals surface area (Å²) in [4.78, 5) is 4.30. The zero-order chi connectivity index (χ0) is 23.2. The molecule has 2 saturated heterocycles. The summed E-state index contributed by atoms with van der Waals surface area (Å²) in [6.45, 7) is 5.69. The molecular weight excluding hydrogens is 466 g/mol. The Hall–Kier alpha value is -2.39. The number of halogens is 3. The van der Waals surface area contributed by atoms with Crippen LogP contribution in [0.4, 0.5) is 10.2 Å². The summed E-state index contributed by atoms with van der Waals surface area (Å²) in [5, 5.41) is 11.8. The maximum atomic E-state index is 14.0. The molecule has 33 heavy (non-hydrogen) atoms. The number of anilines is 1. The molecule has 4 heterocycles. The van der Waals surface area contributed by atoms with Crippen LogP contribution < -0.4 is 21.1 Å². The molecular formula is C23H25Cl2FN6O. The fourth-order valence-electron chi connectivity index (χ4n) is 4.75. The van der Waals surface area contributed by atoms with E-state index in [-0.39, 0.29) is 16.3 Å². The summed E-state index contributed by atoms with van der Waals surface area (Å²) in [5.74, 6) is 0.0290. The predicted octanol–water partition coefficient (Wildman–Crippen LogP) is 4.24. The van der Waals surface area contributed by atoms with Gasteiger partial charge in [-0.1, -0.05) is 23.2 Å². The van der Waals surface area contributed by atoms with Gasteiger partial charge in [0.2, 0.25) is 0 Å². The van der Waals surface area contributed by atoms with Gasteiger partial charge < -0.3 is 21.1 Å². The van der Waals surface area contributed by atoms with Gasteiger partial charge >= 0.3 is 0 Å². The van der Waals surface area contributed by atoms with Crippen LogP contribution in [0.25, 0.3) is 11.1 Å². The van der Waals surface area contributed by atoms with Gasteiger partial charge in [0.1, 0.15) is 11.9 Å². The summed E-state index contributed by atoms with van der Waals surface area (Å²) < 4.78 is 22.1. The van der Waals surface area contributed by atoms with Gasteiger partial charge in [-0.2, -0.15) is 5.10 Å². The van der Waals surface area contributed by atoms with Gasteiger partial charge in [0.15, 0.2) is 11.6 Å². The van der Waals surface area contributed by atoms with Crippen LogP contribution in [0.3, 0.4) is 0 Å². The maximum Gasteiger partial charge on any atom is 0.166 e. The van der Waals surface area contributed by atoms with Gasteiger partial charge in [-0.3, -0.25) is 4.68 Å². The van der Waals surface area contributed by atoms with Crippen LogP contribution in [-0.2, 0) is 0 Å². The number of nitrogen functional groups attached to an aromatic ring is 1. The second kappa shape index (κ2) is 8.76. The number of piperidine rings is 1. The highest BCUT2D eigenvalue weighted by Crippen LogP contribution is 2.41. The first-order chi connectivity index (χ1) is 15.9. The minimum Gasteiger partial charge on any atom is -0.482 e. The summed E-state index contributed by atoms with van der Waals surface area (Å²) in [5.41, 5.74) is 8.38. The van der Waals surface area contributed by atoms with Crippen molar-refractivity contribution in [1.82, 2.24) is 25.4 Å². The lowest BCUT2D eigenvalue weighted by Gasteiger charge is -2.51. The molecule has 3 aromatic rings. The standard InChI is InChI=1S/C23H25Cl2FN6O/c1-13(20-16(24)2-3-17(26)21(20)25)33-18-6-14(7-30-22(18)27)15-8-31-32(9-15)19-4-5-28-10-23(19)11-29-12-23/h2-3,6-9,13,19,28-29H,4-5,10-12H2,1H3,(H2,27,30)/t13-,19?/m1/s1. The van der Waals surface area contributed by atoms with E-state index in [4.69, 9.17) is 33.7 Å². The molecule has 0 bridgehead atoms. The normalized spacial score (nSPS) is 20.4. The molecule has 5 rings (SSSR count). The summed E-state index contributed by atoms with van der Waals surface area (Å²) in [6.07, 6.45) is 5.98. The summed E-state index contributed by atoms with van der Waals surface area (Å²) >= 11 is 12.4. The molecule has 7 nitrogen and oxygen atoms in total. The number of hydrogen-bond donors (Lipinski definition) is 3. The monoisotopic (exact) mass is 490 g/mol. The number of pyridine rings is 1. The highest BCUT2D eigenvalue weighted by Gasteiger charge is 2.46. The number of rotatable bonds is 5. The molecule has 0 amide bonds. The molecule has 0 radical (unpaired) electrons. The second-order valence-corrected chi connectivity index (χ2v) is 9.57. The molecule has 1 spiro atoms. The Morgan fingerprint density at radius 2 is 2.00 bits per heavy atom. The summed E-state index contributed by atoms with van der Waals surface area (Å²) in [6, 6.07) is 4.82. The fraction of sp³-hybridized carbons (Fsp3) is 0.391. The molecule has 10 heteroatoms. The number of nitrogens with one attached hydrogen (secondary N) is 2. The Kier molecular flexibility index (Phi) is 5.95. The SMILES string of the molecule is C[C@@H](Oc1cc(-c2cnn(C3CCNCC34CNC4)c2)cnc1N)c1c(Cl)ccc(F)c1Cl. The van der Waals surface area contributed by atoms with Crippen molar-refractivity contribution in [1.29, 1.82) is 0 Å². The van der Waals surface area contributed by atoms with Gasteiger partial charge in [0.25, 0.3) is 0 Å². The highest BCUT2D eigenvalue weighted by molar-refractivity contribution is 6.36. The average molecular weight is 491 g/mol. The van der Waals surface area contributed by atoms with Crippen molar-refractivity contribution in [3.63, 3.8) is 0 Å². The number of benzene rings is 1. The van der Waals surface area contributed by atoms with Crippen LogP contribution in [0.5, 0.6) is 5.75 Å². The zero-order valence-corrected chi connectivity index (χ0v) is 19.6. The third kappa shape index (κ3) is 4.05. The van der Waals surface area contributed by atoms with Crippen molar-refractivity contribution in [2.75, 3.05) is 31.9 Å². The van der Waals surface area contributed by atoms with Gasteiger partial charge in [-0.15, -0.1) is 0 Å². The lowest BCUT2D eigenvalue weighted by atomic mass is 9.71. The summed E-state index contributed by atoms with van der Waals surface area (Å²) in [7, 11) is 0. The number of aromatic nitrogens is 3. The van der Waals surface area contributed by atoms with E-state index < -0.39 is 11.9 Å². The highest BCUT2D eigenvalue weighted by atomic mass is 35.5. The van der Waals surface area contributed by atoms with Crippen LogP contribution in [0.2, 0.25) is 10.0 Å². The number of ether oxygens (including phenoxy) is 1. The van der Waals surface area contributed by atoms with E-state index in [9.17, 15) is 4.39 Å². The van der Waals surface area contributed by atoms with Gasteiger partial charge in [-0.05, 0) is 38.1 Å². The first-order valence-corrected chi connectivity index (χ1v) is 11.6. The van der Waals surface area contributed by atoms with Crippen LogP contribution in [0, 0.1) is 11.2 Å². The molecule has 1 aromatic carbocycles. The lowest BCUT2D eigenvalue weighted by molar-refractivity contribution is 0.0481. The first kappa shape index (κ1) is 22.4. The Labute approximate surface area is 201 Å². The fourth-order valence-corrected chi connectivity index (χ4v) is 5.43. The molecule has 4 N–H and O–H groups in total. The molecule has 1 unspecified atom stereocenters. The van der Waals surface area contributed by atoms with E-state index in [1.165, 1.54) is 12.1 Å². The predicted molar refractivity (Wildman–Crippen MR) is 127 cm³/mol. The average Bonchev–Trinajstić information content (AvgIpc) is 3.27. The number of nitrogens with two attached hydrogens (primary N) is 1. The molecule has 0 saturated carbocycles. The molecule has 2 aromatic heterocycles. The van der Waals surface area contributed by atoms with Crippen molar-refractivity contribution in [3.8, 4) is 16.9 Å². The number of hydrogen-bond acceptors (Lipinski definition) is 6. The molecule has 0 aliphatic carbocycles. The topological polar surface area (TPSA) is 90.0 Å². The first-order valence-electron chi connectivity index (χ1n) is 10.9. The number of nitrogens with zero attached hydrogens (tertiary/aromatic N) is 3. The molecule has 2 atom stereocenters. The molecule has 2 aliphatic rings. The van der Waals surface area contributed by atoms with Crippen molar-refractivity contribution < 1.29 is 9.13 Å². The zero-order valence-electron chi connectivity index (χ0n) is 18.1. The van der Waals surface area contributed by atoms with Crippen molar-refractivity contribution in [2.24, 2.45) is 5.41 Å². The van der Waals surface area contributed by atoms with Crippen molar-refractivity contribution in [2.45, 2.75) is 25.5 Å². The van der Waals surface area contributed by atoms with Crippen LogP contribution in [0.1, 0.15) is 31.1 Å². The van der Waals surface area contributed by atoms with Crippen molar-refractivity contribution in [3.05, 3.63) is 58.2 Å². The van der Waals surface area contributed by atoms with Crippen LogP contribution in [-0.4, -0.2) is 40.9 Å². The Morgan fingerprint density at radius 3 is 2.76 bits per heavy atom. The van der Waals surface area contributed by atoms with Crippen LogP contribution in [0.15, 0.2) is 36.8 Å². The van der Waals surface area contributed by atoms with Gasteiger partial charge in [0.05, 0.1) is 17.3 Å². The third-order valence-corrected chi connectivity index (χ3v) is 7.37. The second-order valence-electron chi connectivity index (χ2n) is 8.78. The Bertz CT molecular complexity index is 1180. The third-order valence-electron chi connectivity index (χ3n) is 6.66. The molecule has 2 fully saturated rings. The van der Waals surface area contributed by atoms with E-state index in [0.717, 1.165) is 43.7 Å². The maximum absolute atomic E-state index is 14.0. The minimum atomic E-state index is -0.636. The van der Waals surface area contributed by atoms with Crippen LogP contribution >= 0.6 is 23.2 Å². The Morgan fingerprint density at radius 1 is 1.21 bits per heavy atom. The quantitative estimate of drug-likeness (QED) is 0.463. The van der Waals surface area contributed by atoms with E-state index in [2.05, 4.69) is 31.6 Å². The lowest BCUT2D eigenvalue weighted by Crippen LogP contribution is -2.64. The minimum absolute atomic E-state index is 0.0691. The largest absolute Gasteiger partial charge is 0.482 e. The van der Waals surface area contributed by atoms with Gasteiger partial charge in [0, 0.05) is 59.2 Å². The van der Waals surface area contributed by atoms with E-state index in [0.29, 0.717) is 22.4 Å². The Balaban J connectivity index is 1.40. The van der Waals surface area contributed by atoms with Gasteiger partial charge in [-0.25, -0.2) is 9.37 Å². The van der Waals surface area contributed by atoms with E-state index in [1.807, 2.05) is 12.3 Å². The molecule has 2 aliphatic heterocycles. The van der Waals surface area contributed by atoms with Crippen molar-refractivity contribution >= 4 is 29.0 Å².